The first-order chi connectivity index (χ1) is 11.1. The first-order valence-corrected chi connectivity index (χ1v) is 11.6. The number of carbonyl (C=O) groups is 1. The molecule has 0 amide bonds. The Morgan fingerprint density at radius 2 is 1.88 bits per heavy atom. The zero-order valence-corrected chi connectivity index (χ0v) is 16.9. The third-order valence-electron chi connectivity index (χ3n) is 5.14. The van der Waals surface area contributed by atoms with Crippen LogP contribution >= 0.6 is 0 Å². The number of ketones is 1. The van der Waals surface area contributed by atoms with Gasteiger partial charge in [-0.2, -0.15) is 0 Å². The smallest absolute Gasteiger partial charge is 0.250 e. The average Bonchev–Trinajstić information content (AvgIpc) is 2.48. The van der Waals surface area contributed by atoms with Gasteiger partial charge in [0.25, 0.3) is 0 Å². The topological polar surface area (TPSA) is 38.8 Å². The number of rotatable bonds is 5. The molecule has 0 spiro atoms. The highest BCUT2D eigenvalue weighted by Crippen LogP contribution is 2.38. The van der Waals surface area contributed by atoms with Crippen molar-refractivity contribution in [3.05, 3.63) is 29.3 Å². The summed E-state index contributed by atoms with van der Waals surface area (Å²) in [5, 5.41) is 0.141. The van der Waals surface area contributed by atoms with Gasteiger partial charge in [0.15, 0.2) is 5.78 Å². The molecule has 0 aromatic heterocycles. The van der Waals surface area contributed by atoms with Crippen LogP contribution < -0.4 is 4.43 Å². The molecule has 1 heterocycles. The third kappa shape index (κ3) is 4.68. The molecule has 2 rings (SSSR count). The maximum Gasteiger partial charge on any atom is 0.250 e. The lowest BCUT2D eigenvalue weighted by Crippen LogP contribution is -2.44. The van der Waals surface area contributed by atoms with E-state index in [1.165, 1.54) is 0 Å². The van der Waals surface area contributed by atoms with E-state index in [1.54, 1.807) is 6.92 Å². The van der Waals surface area contributed by atoms with E-state index < -0.39 is 8.32 Å². The standard InChI is InChI=1S/C19H31NO3Si/c1-15(21)16-7-8-18(23-24(5,6)19(2,3)4)17(13-16)14-20-9-11-22-12-10-20/h7-8,13H,9-12,14H2,1-6H3. The first-order valence-electron chi connectivity index (χ1n) is 8.73. The summed E-state index contributed by atoms with van der Waals surface area (Å²) in [6.45, 7) is 17.0. The summed E-state index contributed by atoms with van der Waals surface area (Å²) in [5.41, 5.74) is 1.86. The highest BCUT2D eigenvalue weighted by atomic mass is 28.4. The van der Waals surface area contributed by atoms with E-state index in [0.717, 1.165) is 49.7 Å². The highest BCUT2D eigenvalue weighted by Gasteiger charge is 2.39. The molecule has 1 saturated heterocycles. The zero-order valence-electron chi connectivity index (χ0n) is 15.9. The van der Waals surface area contributed by atoms with Gasteiger partial charge in [0.05, 0.1) is 13.2 Å². The van der Waals surface area contributed by atoms with Crippen LogP contribution in [0.4, 0.5) is 0 Å². The van der Waals surface area contributed by atoms with E-state index in [9.17, 15) is 4.79 Å². The number of hydrogen-bond donors (Lipinski definition) is 0. The molecule has 5 heteroatoms. The Bertz CT molecular complexity index is 587. The van der Waals surface area contributed by atoms with Crippen LogP contribution in [0.2, 0.25) is 18.1 Å². The van der Waals surface area contributed by atoms with Crippen LogP contribution in [0, 0.1) is 0 Å². The summed E-state index contributed by atoms with van der Waals surface area (Å²) in [5.74, 6) is 1.02. The molecular weight excluding hydrogens is 318 g/mol. The van der Waals surface area contributed by atoms with Crippen LogP contribution in [0.15, 0.2) is 18.2 Å². The van der Waals surface area contributed by atoms with Crippen molar-refractivity contribution in [3.63, 3.8) is 0 Å². The summed E-state index contributed by atoms with van der Waals surface area (Å²) in [7, 11) is -1.92. The molecule has 24 heavy (non-hydrogen) atoms. The molecule has 134 valence electrons. The van der Waals surface area contributed by atoms with E-state index in [0.29, 0.717) is 0 Å². The molecule has 1 aliphatic rings. The lowest BCUT2D eigenvalue weighted by Gasteiger charge is -2.37. The lowest BCUT2D eigenvalue weighted by atomic mass is 10.1. The average molecular weight is 350 g/mol. The van der Waals surface area contributed by atoms with Gasteiger partial charge in [0.2, 0.25) is 8.32 Å². The number of benzene rings is 1. The SMILES string of the molecule is CC(=O)c1ccc(O[Si](C)(C)C(C)(C)C)c(CN2CCOCC2)c1. The van der Waals surface area contributed by atoms with Crippen LogP contribution in [0.1, 0.15) is 43.6 Å². The molecule has 0 unspecified atom stereocenters. The summed E-state index contributed by atoms with van der Waals surface area (Å²) in [4.78, 5) is 14.1. The maximum atomic E-state index is 11.8. The fraction of sp³-hybridized carbons (Fsp3) is 0.632. The Kier molecular flexibility index (Phi) is 5.89. The van der Waals surface area contributed by atoms with Crippen molar-refractivity contribution in [1.29, 1.82) is 0 Å². The molecule has 1 aliphatic heterocycles. The van der Waals surface area contributed by atoms with Gasteiger partial charge in [-0.3, -0.25) is 9.69 Å². The minimum absolute atomic E-state index is 0.0945. The summed E-state index contributed by atoms with van der Waals surface area (Å²) in [6, 6.07) is 5.86. The number of carbonyl (C=O) groups excluding carboxylic acids is 1. The van der Waals surface area contributed by atoms with Crippen molar-refractivity contribution in [2.24, 2.45) is 0 Å². The maximum absolute atomic E-state index is 11.8. The van der Waals surface area contributed by atoms with Gasteiger partial charge >= 0.3 is 0 Å². The van der Waals surface area contributed by atoms with Gasteiger partial charge in [0, 0.05) is 30.8 Å². The molecule has 0 radical (unpaired) electrons. The third-order valence-corrected chi connectivity index (χ3v) is 9.48. The highest BCUT2D eigenvalue weighted by molar-refractivity contribution is 6.74. The Hall–Kier alpha value is -1.17. The summed E-state index contributed by atoms with van der Waals surface area (Å²) < 4.78 is 12.0. The molecule has 0 aliphatic carbocycles. The zero-order chi connectivity index (χ0) is 18.0. The van der Waals surface area contributed by atoms with Gasteiger partial charge in [0.1, 0.15) is 5.75 Å². The molecule has 1 aromatic carbocycles. The van der Waals surface area contributed by atoms with Crippen LogP contribution in [0.25, 0.3) is 0 Å². The quantitative estimate of drug-likeness (QED) is 0.592. The largest absolute Gasteiger partial charge is 0.543 e. The molecule has 0 N–H and O–H groups in total. The molecule has 0 bridgehead atoms. The van der Waals surface area contributed by atoms with E-state index in [2.05, 4.69) is 38.8 Å². The Morgan fingerprint density at radius 3 is 2.42 bits per heavy atom. The van der Waals surface area contributed by atoms with Crippen molar-refractivity contribution in [3.8, 4) is 5.75 Å². The van der Waals surface area contributed by atoms with E-state index >= 15 is 0 Å². The second kappa shape index (κ2) is 7.38. The van der Waals surface area contributed by atoms with E-state index in [1.807, 2.05) is 18.2 Å². The van der Waals surface area contributed by atoms with Gasteiger partial charge in [-0.15, -0.1) is 0 Å². The number of morpholine rings is 1. The second-order valence-electron chi connectivity index (χ2n) is 8.13. The molecule has 1 aromatic rings. The first kappa shape index (κ1) is 19.2. The molecule has 0 saturated carbocycles. The van der Waals surface area contributed by atoms with Gasteiger partial charge in [-0.1, -0.05) is 20.8 Å². The van der Waals surface area contributed by atoms with Gasteiger partial charge in [-0.25, -0.2) is 0 Å². The van der Waals surface area contributed by atoms with E-state index in [4.69, 9.17) is 9.16 Å². The van der Waals surface area contributed by atoms with Crippen molar-refractivity contribution < 1.29 is 14.0 Å². The minimum atomic E-state index is -1.92. The number of hydrogen-bond acceptors (Lipinski definition) is 4. The van der Waals surface area contributed by atoms with Gasteiger partial charge < -0.3 is 9.16 Å². The number of ether oxygens (including phenoxy) is 1. The van der Waals surface area contributed by atoms with Crippen LogP contribution in [0.5, 0.6) is 5.75 Å². The molecule has 4 nitrogen and oxygen atoms in total. The van der Waals surface area contributed by atoms with Crippen molar-refractivity contribution in [1.82, 2.24) is 4.90 Å². The Morgan fingerprint density at radius 1 is 1.25 bits per heavy atom. The van der Waals surface area contributed by atoms with Crippen LogP contribution in [-0.2, 0) is 11.3 Å². The second-order valence-corrected chi connectivity index (χ2v) is 12.9. The minimum Gasteiger partial charge on any atom is -0.543 e. The van der Waals surface area contributed by atoms with Crippen molar-refractivity contribution in [2.45, 2.75) is 52.4 Å². The van der Waals surface area contributed by atoms with Crippen LogP contribution in [0.3, 0.4) is 0 Å². The lowest BCUT2D eigenvalue weighted by molar-refractivity contribution is 0.0339. The van der Waals surface area contributed by atoms with Crippen LogP contribution in [-0.4, -0.2) is 45.3 Å². The Labute approximate surface area is 147 Å². The monoisotopic (exact) mass is 349 g/mol. The normalized spacial score (nSPS) is 16.9. The molecule has 1 fully saturated rings. The fourth-order valence-electron chi connectivity index (χ4n) is 2.45. The predicted octanol–water partition coefficient (Wildman–Crippen LogP) is 4.11. The summed E-state index contributed by atoms with van der Waals surface area (Å²) >= 11 is 0. The summed E-state index contributed by atoms with van der Waals surface area (Å²) in [6.07, 6.45) is 0. The van der Waals surface area contributed by atoms with Gasteiger partial charge in [-0.05, 0) is 43.3 Å². The van der Waals surface area contributed by atoms with Crippen molar-refractivity contribution >= 4 is 14.1 Å². The molecular formula is C19H31NO3Si. The molecule has 0 atom stereocenters. The predicted molar refractivity (Wildman–Crippen MR) is 100 cm³/mol. The number of Topliss-reactive ketones (excluding diaryl/α,β-unsaturated/α-hetero) is 1. The number of nitrogens with zero attached hydrogens (tertiary/aromatic N) is 1. The van der Waals surface area contributed by atoms with E-state index in [-0.39, 0.29) is 10.8 Å². The Balaban J connectivity index is 2.30. The van der Waals surface area contributed by atoms with Crippen molar-refractivity contribution in [2.75, 3.05) is 26.3 Å². The fourth-order valence-corrected chi connectivity index (χ4v) is 3.50.